The van der Waals surface area contributed by atoms with Crippen LogP contribution >= 0.6 is 0 Å². The molecule has 1 aromatic rings. The second-order valence-corrected chi connectivity index (χ2v) is 1.80. The van der Waals surface area contributed by atoms with Crippen molar-refractivity contribution in [3.63, 3.8) is 0 Å². The van der Waals surface area contributed by atoms with Crippen molar-refractivity contribution < 1.29 is 0 Å². The molecule has 0 radical (unpaired) electrons. The normalized spacial score (nSPS) is 8.70. The van der Waals surface area contributed by atoms with E-state index in [0.29, 0.717) is 5.69 Å². The highest BCUT2D eigenvalue weighted by molar-refractivity contribution is 5.38. The van der Waals surface area contributed by atoms with E-state index in [1.165, 1.54) is 6.07 Å². The SMILES string of the molecule is C#Cc1ccc(N)c(=O)[nH]1. The Bertz CT molecular complexity index is 332. The van der Waals surface area contributed by atoms with E-state index in [0.717, 1.165) is 0 Å². The summed E-state index contributed by atoms with van der Waals surface area (Å²) in [5.74, 6) is 2.28. The Morgan fingerprint density at radius 1 is 1.60 bits per heavy atom. The standard InChI is InChI=1S/C7H6N2O/c1-2-5-3-4-6(8)7(10)9-5/h1,3-4H,8H2,(H,9,10). The van der Waals surface area contributed by atoms with Crippen molar-refractivity contribution in [2.45, 2.75) is 0 Å². The molecule has 50 valence electrons. The van der Waals surface area contributed by atoms with Gasteiger partial charge in [0, 0.05) is 0 Å². The number of H-pyrrole nitrogens is 1. The molecule has 0 aromatic carbocycles. The third kappa shape index (κ3) is 1.00. The molecule has 0 amide bonds. The molecule has 3 N–H and O–H groups in total. The van der Waals surface area contributed by atoms with E-state index in [4.69, 9.17) is 12.2 Å². The fourth-order valence-electron chi connectivity index (χ4n) is 0.569. The van der Waals surface area contributed by atoms with Crippen LogP contribution in [0.4, 0.5) is 5.69 Å². The van der Waals surface area contributed by atoms with E-state index in [2.05, 4.69) is 10.9 Å². The Labute approximate surface area is 57.9 Å². The topological polar surface area (TPSA) is 58.9 Å². The minimum atomic E-state index is -0.338. The summed E-state index contributed by atoms with van der Waals surface area (Å²) in [6.45, 7) is 0. The first-order valence-corrected chi connectivity index (χ1v) is 2.69. The van der Waals surface area contributed by atoms with Gasteiger partial charge in [0.1, 0.15) is 0 Å². The van der Waals surface area contributed by atoms with Crippen molar-refractivity contribution in [2.24, 2.45) is 0 Å². The summed E-state index contributed by atoms with van der Waals surface area (Å²) in [6.07, 6.45) is 5.01. The van der Waals surface area contributed by atoms with Crippen molar-refractivity contribution in [1.29, 1.82) is 0 Å². The van der Waals surface area contributed by atoms with Crippen molar-refractivity contribution in [2.75, 3.05) is 5.73 Å². The number of terminal acetylenes is 1. The Morgan fingerprint density at radius 3 is 2.80 bits per heavy atom. The Balaban J connectivity index is 3.34. The Morgan fingerprint density at radius 2 is 2.30 bits per heavy atom. The van der Waals surface area contributed by atoms with Crippen molar-refractivity contribution in [3.8, 4) is 12.3 Å². The summed E-state index contributed by atoms with van der Waals surface area (Å²) >= 11 is 0. The molecule has 1 rings (SSSR count). The number of hydrogen-bond acceptors (Lipinski definition) is 2. The molecule has 0 bridgehead atoms. The Hall–Kier alpha value is -1.69. The summed E-state index contributed by atoms with van der Waals surface area (Å²) < 4.78 is 0. The third-order valence-corrected chi connectivity index (χ3v) is 1.10. The molecule has 0 saturated heterocycles. The van der Waals surface area contributed by atoms with Crippen LogP contribution in [0.3, 0.4) is 0 Å². The maximum atomic E-state index is 10.7. The summed E-state index contributed by atoms with van der Waals surface area (Å²) in [5.41, 5.74) is 5.52. The van der Waals surface area contributed by atoms with Gasteiger partial charge in [0.05, 0.1) is 11.4 Å². The van der Waals surface area contributed by atoms with Gasteiger partial charge in [-0.3, -0.25) is 4.79 Å². The number of rotatable bonds is 0. The molecule has 3 heteroatoms. The van der Waals surface area contributed by atoms with Gasteiger partial charge in [-0.1, -0.05) is 5.92 Å². The molecular formula is C7H6N2O. The van der Waals surface area contributed by atoms with E-state index < -0.39 is 0 Å². The maximum absolute atomic E-state index is 10.7. The van der Waals surface area contributed by atoms with Crippen LogP contribution in [0.5, 0.6) is 0 Å². The second-order valence-electron chi connectivity index (χ2n) is 1.80. The molecule has 0 spiro atoms. The summed E-state index contributed by atoms with van der Waals surface area (Å²) in [4.78, 5) is 13.1. The van der Waals surface area contributed by atoms with Gasteiger partial charge in [-0.25, -0.2) is 0 Å². The van der Waals surface area contributed by atoms with Gasteiger partial charge in [0.25, 0.3) is 5.56 Å². The van der Waals surface area contributed by atoms with Crippen molar-refractivity contribution in [3.05, 3.63) is 28.2 Å². The minimum absolute atomic E-state index is 0.180. The zero-order valence-electron chi connectivity index (χ0n) is 5.22. The molecule has 0 fully saturated rings. The monoisotopic (exact) mass is 134 g/mol. The van der Waals surface area contributed by atoms with E-state index in [1.807, 2.05) is 0 Å². The largest absolute Gasteiger partial charge is 0.394 e. The van der Waals surface area contributed by atoms with Gasteiger partial charge >= 0.3 is 0 Å². The van der Waals surface area contributed by atoms with Crippen LogP contribution in [0.15, 0.2) is 16.9 Å². The average molecular weight is 134 g/mol. The van der Waals surface area contributed by atoms with Crippen LogP contribution in [-0.4, -0.2) is 4.98 Å². The van der Waals surface area contributed by atoms with E-state index in [-0.39, 0.29) is 11.2 Å². The zero-order valence-corrected chi connectivity index (χ0v) is 5.22. The highest BCUT2D eigenvalue weighted by atomic mass is 16.1. The maximum Gasteiger partial charge on any atom is 0.272 e. The van der Waals surface area contributed by atoms with Gasteiger partial charge < -0.3 is 10.7 Å². The number of hydrogen-bond donors (Lipinski definition) is 2. The lowest BCUT2D eigenvalue weighted by Crippen LogP contribution is -2.11. The molecule has 1 aromatic heterocycles. The Kier molecular flexibility index (Phi) is 1.46. The predicted octanol–water partition coefficient (Wildman–Crippen LogP) is -0.0616. The van der Waals surface area contributed by atoms with Crippen molar-refractivity contribution >= 4 is 5.69 Å². The minimum Gasteiger partial charge on any atom is -0.394 e. The predicted molar refractivity (Wildman–Crippen MR) is 39.4 cm³/mol. The van der Waals surface area contributed by atoms with E-state index >= 15 is 0 Å². The lowest BCUT2D eigenvalue weighted by atomic mass is 10.3. The van der Waals surface area contributed by atoms with E-state index in [1.54, 1.807) is 6.07 Å². The lowest BCUT2D eigenvalue weighted by molar-refractivity contribution is 1.21. The van der Waals surface area contributed by atoms with Crippen LogP contribution < -0.4 is 11.3 Å². The molecule has 0 saturated carbocycles. The van der Waals surface area contributed by atoms with E-state index in [9.17, 15) is 4.79 Å². The number of nitrogens with two attached hydrogens (primary N) is 1. The van der Waals surface area contributed by atoms with Crippen LogP contribution in [-0.2, 0) is 0 Å². The zero-order chi connectivity index (χ0) is 7.56. The smallest absolute Gasteiger partial charge is 0.272 e. The number of aromatic amines is 1. The summed E-state index contributed by atoms with van der Waals surface area (Å²) in [5, 5.41) is 0. The molecule has 10 heavy (non-hydrogen) atoms. The number of nitrogens with one attached hydrogen (secondary N) is 1. The quantitative estimate of drug-likeness (QED) is 0.488. The first kappa shape index (κ1) is 6.43. The molecule has 0 aliphatic carbocycles. The molecule has 0 aliphatic heterocycles. The van der Waals surface area contributed by atoms with Gasteiger partial charge in [-0.15, -0.1) is 6.42 Å². The van der Waals surface area contributed by atoms with Crippen LogP contribution in [0.25, 0.3) is 0 Å². The fraction of sp³-hybridized carbons (Fsp3) is 0. The molecule has 3 nitrogen and oxygen atoms in total. The van der Waals surface area contributed by atoms with Gasteiger partial charge in [-0.2, -0.15) is 0 Å². The number of aromatic nitrogens is 1. The van der Waals surface area contributed by atoms with Gasteiger partial charge in [0.2, 0.25) is 0 Å². The summed E-state index contributed by atoms with van der Waals surface area (Å²) in [7, 11) is 0. The van der Waals surface area contributed by atoms with Gasteiger partial charge in [-0.05, 0) is 12.1 Å². The molecule has 0 atom stereocenters. The highest BCUT2D eigenvalue weighted by Crippen LogP contribution is 1.92. The molecule has 0 aliphatic rings. The number of anilines is 1. The van der Waals surface area contributed by atoms with Gasteiger partial charge in [0.15, 0.2) is 0 Å². The molecule has 0 unspecified atom stereocenters. The summed E-state index contributed by atoms with van der Waals surface area (Å²) in [6, 6.07) is 3.06. The first-order valence-electron chi connectivity index (χ1n) is 2.69. The first-order chi connectivity index (χ1) is 4.74. The van der Waals surface area contributed by atoms with Crippen LogP contribution in [0, 0.1) is 12.3 Å². The fourth-order valence-corrected chi connectivity index (χ4v) is 0.569. The molecule has 1 heterocycles. The second kappa shape index (κ2) is 2.28. The van der Waals surface area contributed by atoms with Crippen LogP contribution in [0.2, 0.25) is 0 Å². The molecular weight excluding hydrogens is 128 g/mol. The number of pyridine rings is 1. The highest BCUT2D eigenvalue weighted by Gasteiger charge is 1.91. The van der Waals surface area contributed by atoms with Crippen LogP contribution in [0.1, 0.15) is 5.69 Å². The lowest BCUT2D eigenvalue weighted by Gasteiger charge is -1.90. The van der Waals surface area contributed by atoms with Crippen molar-refractivity contribution in [1.82, 2.24) is 4.98 Å². The third-order valence-electron chi connectivity index (χ3n) is 1.10. The average Bonchev–Trinajstić information content (AvgIpc) is 1.95. The number of nitrogen functional groups attached to an aromatic ring is 1.